The Labute approximate surface area is 138 Å². The molecule has 2 aromatic carbocycles. The van der Waals surface area contributed by atoms with Gasteiger partial charge in [-0.2, -0.15) is 0 Å². The largest absolute Gasteiger partial charge is 0.497 e. The van der Waals surface area contributed by atoms with Crippen LogP contribution in [0.15, 0.2) is 42.5 Å². The summed E-state index contributed by atoms with van der Waals surface area (Å²) >= 11 is 0. The third kappa shape index (κ3) is 3.67. The van der Waals surface area contributed by atoms with Gasteiger partial charge in [0.05, 0.1) is 14.2 Å². The third-order valence-electron chi connectivity index (χ3n) is 4.59. The number of likely N-dealkylation sites (tertiary alicyclic amines) is 1. The van der Waals surface area contributed by atoms with E-state index in [-0.39, 0.29) is 0 Å². The highest BCUT2D eigenvalue weighted by atomic mass is 16.5. The fraction of sp³-hybridized carbons (Fsp3) is 0.400. The number of aryl methyl sites for hydroxylation is 1. The summed E-state index contributed by atoms with van der Waals surface area (Å²) in [6.45, 7) is 4.22. The van der Waals surface area contributed by atoms with Gasteiger partial charge in [0.25, 0.3) is 0 Å². The van der Waals surface area contributed by atoms with Crippen LogP contribution in [0.3, 0.4) is 0 Å². The summed E-state index contributed by atoms with van der Waals surface area (Å²) in [7, 11) is 3.40. The molecule has 1 atom stereocenters. The Morgan fingerprint density at radius 3 is 2.43 bits per heavy atom. The zero-order valence-electron chi connectivity index (χ0n) is 14.2. The molecule has 1 fully saturated rings. The smallest absolute Gasteiger partial charge is 0.122 e. The lowest BCUT2D eigenvalue weighted by atomic mass is 10.0. The summed E-state index contributed by atoms with van der Waals surface area (Å²) in [5.41, 5.74) is 4.00. The van der Waals surface area contributed by atoms with Crippen molar-refractivity contribution in [1.29, 1.82) is 0 Å². The fourth-order valence-corrected chi connectivity index (χ4v) is 3.46. The molecule has 23 heavy (non-hydrogen) atoms. The predicted molar refractivity (Wildman–Crippen MR) is 93.1 cm³/mol. The molecule has 3 nitrogen and oxygen atoms in total. The van der Waals surface area contributed by atoms with Gasteiger partial charge < -0.3 is 9.47 Å². The molecular weight excluding hydrogens is 286 g/mol. The van der Waals surface area contributed by atoms with Crippen LogP contribution in [0.1, 0.15) is 35.6 Å². The average Bonchev–Trinajstić information content (AvgIpc) is 3.02. The summed E-state index contributed by atoms with van der Waals surface area (Å²) in [4.78, 5) is 2.56. The van der Waals surface area contributed by atoms with Gasteiger partial charge in [-0.05, 0) is 49.6 Å². The zero-order chi connectivity index (χ0) is 16.2. The fourth-order valence-electron chi connectivity index (χ4n) is 3.46. The minimum atomic E-state index is 0.507. The van der Waals surface area contributed by atoms with Gasteiger partial charge in [0.2, 0.25) is 0 Å². The summed E-state index contributed by atoms with van der Waals surface area (Å²) in [5.74, 6) is 1.70. The van der Waals surface area contributed by atoms with Crippen molar-refractivity contribution in [2.24, 2.45) is 0 Å². The van der Waals surface area contributed by atoms with Gasteiger partial charge in [0.15, 0.2) is 0 Å². The second-order valence-corrected chi connectivity index (χ2v) is 6.26. The van der Waals surface area contributed by atoms with Gasteiger partial charge in [-0.3, -0.25) is 4.90 Å². The van der Waals surface area contributed by atoms with Crippen LogP contribution in [0.25, 0.3) is 0 Å². The van der Waals surface area contributed by atoms with Gasteiger partial charge >= 0.3 is 0 Å². The number of benzene rings is 2. The lowest BCUT2D eigenvalue weighted by Crippen LogP contribution is -2.22. The van der Waals surface area contributed by atoms with Crippen LogP contribution >= 0.6 is 0 Å². The van der Waals surface area contributed by atoms with E-state index >= 15 is 0 Å². The maximum Gasteiger partial charge on any atom is 0.122 e. The van der Waals surface area contributed by atoms with Crippen LogP contribution in [0, 0.1) is 6.92 Å². The molecule has 0 bridgehead atoms. The Kier molecular flexibility index (Phi) is 4.87. The molecule has 0 amide bonds. The van der Waals surface area contributed by atoms with Crippen molar-refractivity contribution in [2.45, 2.75) is 32.4 Å². The van der Waals surface area contributed by atoms with Gasteiger partial charge in [-0.1, -0.05) is 29.8 Å². The molecule has 1 heterocycles. The molecular formula is C20H25NO2. The lowest BCUT2D eigenvalue weighted by Gasteiger charge is -2.25. The van der Waals surface area contributed by atoms with E-state index in [2.05, 4.69) is 48.2 Å². The summed E-state index contributed by atoms with van der Waals surface area (Å²) < 4.78 is 10.8. The highest BCUT2D eigenvalue weighted by Crippen LogP contribution is 2.34. The first-order chi connectivity index (χ1) is 11.2. The molecule has 0 aromatic heterocycles. The van der Waals surface area contributed by atoms with Gasteiger partial charge in [0.1, 0.15) is 11.5 Å². The van der Waals surface area contributed by atoms with Crippen LogP contribution in [0.4, 0.5) is 0 Å². The van der Waals surface area contributed by atoms with E-state index in [0.717, 1.165) is 24.6 Å². The molecule has 0 aliphatic carbocycles. The molecule has 0 saturated carbocycles. The zero-order valence-corrected chi connectivity index (χ0v) is 14.2. The molecule has 1 aliphatic rings. The van der Waals surface area contributed by atoms with Gasteiger partial charge in [-0.25, -0.2) is 0 Å². The Balaban J connectivity index is 1.81. The quantitative estimate of drug-likeness (QED) is 0.819. The van der Waals surface area contributed by atoms with Gasteiger partial charge in [-0.15, -0.1) is 0 Å². The van der Waals surface area contributed by atoms with Gasteiger partial charge in [0, 0.05) is 18.7 Å². The second kappa shape index (κ2) is 7.05. The average molecular weight is 311 g/mol. The van der Waals surface area contributed by atoms with E-state index in [4.69, 9.17) is 9.47 Å². The Morgan fingerprint density at radius 2 is 1.78 bits per heavy atom. The van der Waals surface area contributed by atoms with Crippen LogP contribution in [-0.4, -0.2) is 25.7 Å². The summed E-state index contributed by atoms with van der Waals surface area (Å²) in [5, 5.41) is 0. The van der Waals surface area contributed by atoms with E-state index < -0.39 is 0 Å². The number of methoxy groups -OCH3 is 2. The molecule has 0 radical (unpaired) electrons. The summed E-state index contributed by atoms with van der Waals surface area (Å²) in [6.07, 6.45) is 2.48. The van der Waals surface area contributed by atoms with Crippen LogP contribution in [-0.2, 0) is 6.54 Å². The van der Waals surface area contributed by atoms with Crippen molar-refractivity contribution in [3.8, 4) is 11.5 Å². The monoisotopic (exact) mass is 311 g/mol. The lowest BCUT2D eigenvalue weighted by molar-refractivity contribution is 0.247. The highest BCUT2D eigenvalue weighted by Gasteiger charge is 2.26. The Hall–Kier alpha value is -2.00. The van der Waals surface area contributed by atoms with E-state index in [1.165, 1.54) is 29.5 Å². The van der Waals surface area contributed by atoms with Crippen LogP contribution in [0.2, 0.25) is 0 Å². The van der Waals surface area contributed by atoms with Crippen molar-refractivity contribution < 1.29 is 9.47 Å². The van der Waals surface area contributed by atoms with E-state index in [1.807, 2.05) is 6.07 Å². The number of ether oxygens (including phenoxy) is 2. The Morgan fingerprint density at radius 1 is 1.04 bits per heavy atom. The number of hydrogen-bond donors (Lipinski definition) is 0. The normalized spacial score (nSPS) is 18.1. The number of rotatable bonds is 5. The number of hydrogen-bond acceptors (Lipinski definition) is 3. The molecule has 1 unspecified atom stereocenters. The first kappa shape index (κ1) is 15.9. The molecule has 3 rings (SSSR count). The molecule has 1 saturated heterocycles. The topological polar surface area (TPSA) is 21.7 Å². The molecule has 0 spiro atoms. The maximum absolute atomic E-state index is 5.39. The van der Waals surface area contributed by atoms with Crippen LogP contribution in [0.5, 0.6) is 11.5 Å². The van der Waals surface area contributed by atoms with E-state index in [9.17, 15) is 0 Å². The molecule has 0 N–H and O–H groups in total. The maximum atomic E-state index is 5.39. The van der Waals surface area contributed by atoms with Crippen molar-refractivity contribution in [1.82, 2.24) is 4.90 Å². The van der Waals surface area contributed by atoms with Crippen LogP contribution < -0.4 is 9.47 Å². The molecule has 2 aromatic rings. The van der Waals surface area contributed by atoms with Crippen molar-refractivity contribution in [3.05, 3.63) is 59.2 Å². The number of nitrogens with zero attached hydrogens (tertiary/aromatic N) is 1. The summed E-state index contributed by atoms with van der Waals surface area (Å²) in [6, 6.07) is 15.5. The molecule has 3 heteroatoms. The third-order valence-corrected chi connectivity index (χ3v) is 4.59. The molecule has 122 valence electrons. The minimum absolute atomic E-state index is 0.507. The highest BCUT2D eigenvalue weighted by molar-refractivity contribution is 5.38. The SMILES string of the molecule is COc1cc(CN2CCCC2c2cccc(C)c2)cc(OC)c1. The van der Waals surface area contributed by atoms with Crippen molar-refractivity contribution in [2.75, 3.05) is 20.8 Å². The Bertz CT molecular complexity index is 646. The standard InChI is InChI=1S/C20H25NO2/c1-15-6-4-7-17(10-15)20-8-5-9-21(20)14-16-11-18(22-2)13-19(12-16)23-3/h4,6-7,10-13,20H,5,8-9,14H2,1-3H3. The minimum Gasteiger partial charge on any atom is -0.497 e. The molecule has 1 aliphatic heterocycles. The first-order valence-corrected chi connectivity index (χ1v) is 8.22. The first-order valence-electron chi connectivity index (χ1n) is 8.22. The second-order valence-electron chi connectivity index (χ2n) is 6.26. The van der Waals surface area contributed by atoms with Crippen molar-refractivity contribution >= 4 is 0 Å². The van der Waals surface area contributed by atoms with Crippen molar-refractivity contribution in [3.63, 3.8) is 0 Å². The van der Waals surface area contributed by atoms with E-state index in [0.29, 0.717) is 6.04 Å². The van der Waals surface area contributed by atoms with E-state index in [1.54, 1.807) is 14.2 Å². The predicted octanol–water partition coefficient (Wildman–Crippen LogP) is 4.35.